The summed E-state index contributed by atoms with van der Waals surface area (Å²) in [5, 5.41) is 13.0. The van der Waals surface area contributed by atoms with Crippen molar-refractivity contribution in [3.05, 3.63) is 114 Å². The molecular weight excluding hydrogens is 496 g/mol. The number of aromatic nitrogens is 2. The predicted molar refractivity (Wildman–Crippen MR) is 151 cm³/mol. The maximum Gasteiger partial charge on any atom is 0.341 e. The van der Waals surface area contributed by atoms with Crippen LogP contribution < -0.4 is 9.47 Å². The van der Waals surface area contributed by atoms with Gasteiger partial charge in [0, 0.05) is 22.9 Å². The van der Waals surface area contributed by atoms with Crippen molar-refractivity contribution in [2.45, 2.75) is 18.4 Å². The van der Waals surface area contributed by atoms with Crippen LogP contribution in [0, 0.1) is 18.8 Å². The number of hydrogen-bond donors (Lipinski definition) is 1. The van der Waals surface area contributed by atoms with E-state index in [9.17, 15) is 4.79 Å². The van der Waals surface area contributed by atoms with Gasteiger partial charge >= 0.3 is 5.97 Å². The number of aliphatic carboxylic acids is 1. The van der Waals surface area contributed by atoms with Crippen LogP contribution in [0.2, 0.25) is 0 Å². The molecule has 38 heavy (non-hydrogen) atoms. The minimum atomic E-state index is -1.01. The van der Waals surface area contributed by atoms with Gasteiger partial charge in [-0.1, -0.05) is 36.1 Å². The second-order valence-corrected chi connectivity index (χ2v) is 9.23. The van der Waals surface area contributed by atoms with Gasteiger partial charge in [0.15, 0.2) is 6.61 Å². The van der Waals surface area contributed by atoms with Crippen molar-refractivity contribution in [2.24, 2.45) is 0 Å². The van der Waals surface area contributed by atoms with Crippen LogP contribution >= 0.6 is 11.8 Å². The molecule has 1 heterocycles. The summed E-state index contributed by atoms with van der Waals surface area (Å²) < 4.78 is 13.1. The topological polar surface area (TPSA) is 73.6 Å². The maximum absolute atomic E-state index is 10.8. The minimum Gasteiger partial charge on any atom is -0.489 e. The van der Waals surface area contributed by atoms with Crippen molar-refractivity contribution in [2.75, 3.05) is 19.5 Å². The second-order valence-electron chi connectivity index (χ2n) is 8.35. The molecule has 4 rings (SSSR count). The number of carbonyl (C=O) groups is 1. The molecule has 192 valence electrons. The first-order valence-corrected chi connectivity index (χ1v) is 13.2. The summed E-state index contributed by atoms with van der Waals surface area (Å²) in [5.41, 5.74) is 4.97. The van der Waals surface area contributed by atoms with Gasteiger partial charge in [0.2, 0.25) is 0 Å². The summed E-state index contributed by atoms with van der Waals surface area (Å²) in [5.74, 6) is 6.54. The lowest BCUT2D eigenvalue weighted by molar-refractivity contribution is -0.139. The molecule has 6 nitrogen and oxygen atoms in total. The zero-order chi connectivity index (χ0) is 26.7. The van der Waals surface area contributed by atoms with E-state index in [1.807, 2.05) is 37.4 Å². The highest BCUT2D eigenvalue weighted by atomic mass is 32.2. The molecule has 0 atom stereocenters. The van der Waals surface area contributed by atoms with Crippen LogP contribution in [-0.2, 0) is 11.3 Å². The first kappa shape index (κ1) is 26.6. The molecule has 0 aliphatic heterocycles. The lowest BCUT2D eigenvalue weighted by atomic mass is 9.97. The first-order valence-electron chi connectivity index (χ1n) is 12.0. The molecule has 3 aromatic carbocycles. The first-order chi connectivity index (χ1) is 18.5. The summed E-state index contributed by atoms with van der Waals surface area (Å²) in [6, 6.07) is 23.9. The molecule has 0 spiro atoms. The Hall–Kier alpha value is -4.41. The average molecular weight is 525 g/mol. The minimum absolute atomic E-state index is 0.361. The van der Waals surface area contributed by atoms with E-state index in [1.165, 1.54) is 4.90 Å². The number of aryl methyl sites for hydroxylation is 1. The van der Waals surface area contributed by atoms with E-state index >= 15 is 0 Å². The van der Waals surface area contributed by atoms with Crippen molar-refractivity contribution in [3.63, 3.8) is 0 Å². The van der Waals surface area contributed by atoms with Gasteiger partial charge < -0.3 is 14.6 Å². The lowest BCUT2D eigenvalue weighted by Crippen LogP contribution is -2.10. The standard InChI is InChI=1S/C31H28N2O4S/c1-23-21-27(12-15-30(23)37-22-31(34)35)36-20-16-29(26-10-13-28(38-2)14-11-26)25-8-6-24(7-9-25)5-3-18-33-19-4-17-32-33/h4,6-17,19,21H,18,20,22H2,1-2H3,(H,34,35)/b29-16-. The van der Waals surface area contributed by atoms with E-state index in [0.29, 0.717) is 24.7 Å². The van der Waals surface area contributed by atoms with E-state index in [0.717, 1.165) is 27.8 Å². The number of benzene rings is 3. The van der Waals surface area contributed by atoms with E-state index in [4.69, 9.17) is 14.6 Å². The quantitative estimate of drug-likeness (QED) is 0.205. The summed E-state index contributed by atoms with van der Waals surface area (Å²) in [6.07, 6.45) is 7.76. The highest BCUT2D eigenvalue weighted by Gasteiger charge is 2.08. The Balaban J connectivity index is 1.50. The Kier molecular flexibility index (Phi) is 9.27. The molecule has 1 aromatic heterocycles. The molecule has 0 amide bonds. The number of carboxylic acids is 1. The monoisotopic (exact) mass is 524 g/mol. The molecule has 1 N–H and O–H groups in total. The molecule has 0 radical (unpaired) electrons. The number of hydrogen-bond acceptors (Lipinski definition) is 5. The highest BCUT2D eigenvalue weighted by Crippen LogP contribution is 2.27. The van der Waals surface area contributed by atoms with Crippen molar-refractivity contribution in [1.82, 2.24) is 9.78 Å². The summed E-state index contributed by atoms with van der Waals surface area (Å²) in [4.78, 5) is 12.0. The van der Waals surface area contributed by atoms with Gasteiger partial charge in [-0.15, -0.1) is 11.8 Å². The smallest absolute Gasteiger partial charge is 0.341 e. The molecule has 0 aliphatic rings. The van der Waals surface area contributed by atoms with Gasteiger partial charge in [0.1, 0.15) is 24.7 Å². The zero-order valence-electron chi connectivity index (χ0n) is 21.3. The summed E-state index contributed by atoms with van der Waals surface area (Å²) in [6.45, 7) is 2.39. The molecule has 0 bridgehead atoms. The van der Waals surface area contributed by atoms with Crippen molar-refractivity contribution < 1.29 is 19.4 Å². The van der Waals surface area contributed by atoms with Crippen LogP contribution in [0.1, 0.15) is 22.3 Å². The Labute approximate surface area is 226 Å². The Morgan fingerprint density at radius 1 is 1.05 bits per heavy atom. The summed E-state index contributed by atoms with van der Waals surface area (Å²) in [7, 11) is 0. The SMILES string of the molecule is CSc1ccc(/C(=C\COc2ccc(OCC(=O)O)c(C)c2)c2ccc(C#CCn3cccn3)cc2)cc1. The molecule has 0 fully saturated rings. The lowest BCUT2D eigenvalue weighted by Gasteiger charge is -2.12. The molecule has 4 aromatic rings. The van der Waals surface area contributed by atoms with Crippen molar-refractivity contribution in [3.8, 4) is 23.3 Å². The third-order valence-electron chi connectivity index (χ3n) is 5.66. The van der Waals surface area contributed by atoms with Gasteiger partial charge in [0.05, 0.1) is 0 Å². The van der Waals surface area contributed by atoms with Gasteiger partial charge in [-0.25, -0.2) is 4.79 Å². The highest BCUT2D eigenvalue weighted by molar-refractivity contribution is 7.98. The maximum atomic E-state index is 10.8. The van der Waals surface area contributed by atoms with Gasteiger partial charge in [-0.2, -0.15) is 5.10 Å². The number of nitrogens with zero attached hydrogens (tertiary/aromatic N) is 2. The molecule has 7 heteroatoms. The van der Waals surface area contributed by atoms with E-state index in [-0.39, 0.29) is 6.61 Å². The number of thioether (sulfide) groups is 1. The number of ether oxygens (including phenoxy) is 2. The third-order valence-corrected chi connectivity index (χ3v) is 6.41. The van der Waals surface area contributed by atoms with Crippen LogP contribution in [0.25, 0.3) is 5.57 Å². The van der Waals surface area contributed by atoms with Gasteiger partial charge in [0.25, 0.3) is 0 Å². The average Bonchev–Trinajstić information content (AvgIpc) is 3.45. The number of rotatable bonds is 10. The third kappa shape index (κ3) is 7.55. The van der Waals surface area contributed by atoms with Crippen LogP contribution in [-0.4, -0.2) is 40.3 Å². The Morgan fingerprint density at radius 2 is 1.79 bits per heavy atom. The fraction of sp³-hybridized carbons (Fsp3) is 0.161. The van der Waals surface area contributed by atoms with Crippen LogP contribution in [0.3, 0.4) is 0 Å². The zero-order valence-corrected chi connectivity index (χ0v) is 22.1. The second kappa shape index (κ2) is 13.2. The molecule has 0 unspecified atom stereocenters. The van der Waals surface area contributed by atoms with Crippen molar-refractivity contribution in [1.29, 1.82) is 0 Å². The largest absolute Gasteiger partial charge is 0.489 e. The van der Waals surface area contributed by atoms with E-state index < -0.39 is 5.97 Å². The predicted octanol–water partition coefficient (Wildman–Crippen LogP) is 5.94. The molecule has 0 aliphatic carbocycles. The van der Waals surface area contributed by atoms with Crippen LogP contribution in [0.4, 0.5) is 0 Å². The fourth-order valence-corrected chi connectivity index (χ4v) is 4.17. The molecular formula is C31H28N2O4S. The van der Waals surface area contributed by atoms with Crippen LogP contribution in [0.15, 0.2) is 96.2 Å². The van der Waals surface area contributed by atoms with Crippen molar-refractivity contribution >= 4 is 23.3 Å². The number of carboxylic acid groups (broad SMARTS) is 1. The molecule has 0 saturated heterocycles. The normalized spacial score (nSPS) is 10.9. The van der Waals surface area contributed by atoms with E-state index in [2.05, 4.69) is 65.7 Å². The summed E-state index contributed by atoms with van der Waals surface area (Å²) >= 11 is 1.71. The Morgan fingerprint density at radius 3 is 2.42 bits per heavy atom. The van der Waals surface area contributed by atoms with Gasteiger partial charge in [-0.3, -0.25) is 4.68 Å². The Bertz CT molecular complexity index is 1450. The fourth-order valence-electron chi connectivity index (χ4n) is 3.76. The van der Waals surface area contributed by atoms with E-state index in [1.54, 1.807) is 34.8 Å². The molecule has 0 saturated carbocycles. The van der Waals surface area contributed by atoms with Crippen LogP contribution in [0.5, 0.6) is 11.5 Å². The van der Waals surface area contributed by atoms with Gasteiger partial charge in [-0.05, 0) is 90.0 Å².